The molecule has 2 aliphatic rings. The number of carboxylic acid groups (broad SMARTS) is 2. The Morgan fingerprint density at radius 3 is 1.72 bits per heavy atom. The van der Waals surface area contributed by atoms with Crippen molar-refractivity contribution in [1.29, 1.82) is 0 Å². The van der Waals surface area contributed by atoms with Crippen LogP contribution in [-0.4, -0.2) is 46.2 Å². The van der Waals surface area contributed by atoms with Gasteiger partial charge >= 0.3 is 16.8 Å². The molecule has 0 aromatic heterocycles. The van der Waals surface area contributed by atoms with Crippen LogP contribution in [-0.2, 0) is 52.1 Å². The van der Waals surface area contributed by atoms with Crippen molar-refractivity contribution in [2.45, 2.75) is 130 Å². The Hall–Kier alpha value is -3.17. The number of carbonyl (C=O) groups excluding carboxylic acids is 2. The fourth-order valence-electron chi connectivity index (χ4n) is 6.33. The number of fused-ring (bicyclic) bond motifs is 2. The number of carboxylic acids is 2. The first-order chi connectivity index (χ1) is 21.4. The molecule has 2 aromatic rings. The van der Waals surface area contributed by atoms with Crippen molar-refractivity contribution in [1.82, 2.24) is 0 Å². The first kappa shape index (κ1) is 40.8. The number of benzene rings is 2. The molecule has 0 saturated heterocycles. The fraction of sp³-hybridized carbons (Fsp3) is 0.568. The van der Waals surface area contributed by atoms with Crippen molar-refractivity contribution in [2.75, 3.05) is 0 Å². The van der Waals surface area contributed by atoms with Gasteiger partial charge in [-0.3, -0.25) is 9.98 Å². The number of aryl methyl sites for hydroxylation is 4. The van der Waals surface area contributed by atoms with Crippen LogP contribution in [0.5, 0.6) is 11.5 Å². The molecule has 2 N–H and O–H groups in total. The average Bonchev–Trinajstić information content (AvgIpc) is 3.56. The van der Waals surface area contributed by atoms with Crippen molar-refractivity contribution in [3.63, 3.8) is 0 Å². The van der Waals surface area contributed by atoms with E-state index < -0.39 is 11.9 Å². The third-order valence-corrected chi connectivity index (χ3v) is 8.61. The zero-order chi connectivity index (χ0) is 33.6. The minimum Gasteiger partial charge on any atom is -0.550 e. The molecule has 0 heterocycles. The Morgan fingerprint density at radius 2 is 1.30 bits per heavy atom. The van der Waals surface area contributed by atoms with Crippen LogP contribution in [0.1, 0.15) is 126 Å². The van der Waals surface area contributed by atoms with Gasteiger partial charge in [-0.25, -0.2) is 0 Å². The second kappa shape index (κ2) is 20.1. The Morgan fingerprint density at radius 1 is 0.848 bits per heavy atom. The first-order valence-corrected chi connectivity index (χ1v) is 16.5. The number of unbranched alkanes of at least 4 members (excludes halogenated alkanes) is 2. The van der Waals surface area contributed by atoms with Crippen molar-refractivity contribution < 1.29 is 46.8 Å². The summed E-state index contributed by atoms with van der Waals surface area (Å²) in [4.78, 5) is 28.0. The molecule has 255 valence electrons. The van der Waals surface area contributed by atoms with E-state index in [1.54, 1.807) is 0 Å². The van der Waals surface area contributed by atoms with Crippen molar-refractivity contribution in [3.8, 4) is 11.5 Å². The Bertz CT molecular complexity index is 1320. The van der Waals surface area contributed by atoms with E-state index in [4.69, 9.17) is 29.8 Å². The summed E-state index contributed by atoms with van der Waals surface area (Å²) < 4.78 is 0. The van der Waals surface area contributed by atoms with Gasteiger partial charge in [-0.1, -0.05) is 52.7 Å². The van der Waals surface area contributed by atoms with Gasteiger partial charge in [0.05, 0.1) is 11.6 Å². The Labute approximate surface area is 285 Å². The number of carbonyl (C=O) groups is 2. The third kappa shape index (κ3) is 12.2. The first-order valence-electron chi connectivity index (χ1n) is 16.5. The van der Waals surface area contributed by atoms with Crippen LogP contribution in [0, 0.1) is 5.92 Å². The average molecular weight is 680 g/mol. The van der Waals surface area contributed by atoms with E-state index in [0.29, 0.717) is 17.4 Å². The smallest absolute Gasteiger partial charge is 0.550 e. The van der Waals surface area contributed by atoms with Gasteiger partial charge in [-0.15, -0.1) is 0 Å². The molecule has 9 heteroatoms. The van der Waals surface area contributed by atoms with Crippen LogP contribution in [0.2, 0.25) is 0 Å². The zero-order valence-electron chi connectivity index (χ0n) is 28.4. The number of hydrogen-bond donors (Lipinski definition) is 2. The van der Waals surface area contributed by atoms with Crippen LogP contribution >= 0.6 is 0 Å². The predicted molar refractivity (Wildman–Crippen MR) is 177 cm³/mol. The van der Waals surface area contributed by atoms with E-state index >= 15 is 0 Å². The quantitative estimate of drug-likeness (QED) is 0.293. The van der Waals surface area contributed by atoms with E-state index in [1.165, 1.54) is 17.5 Å². The molecule has 2 aromatic carbocycles. The molecule has 0 amide bonds. The van der Waals surface area contributed by atoms with Crippen molar-refractivity contribution in [2.24, 2.45) is 15.9 Å². The minimum absolute atomic E-state index is 0. The SMILES string of the molecule is CC(=O)[O-].CC(=O)[O-].CCCCc1cc(C=NC2CC3CCC2(N=Cc2cc(CCCC)cc(CC)c2O)C3)c(O)c(CC)c1.[Co+2]. The van der Waals surface area contributed by atoms with Gasteiger partial charge in [0.1, 0.15) is 11.5 Å². The zero-order valence-corrected chi connectivity index (χ0v) is 29.4. The van der Waals surface area contributed by atoms with Crippen molar-refractivity contribution >= 4 is 24.4 Å². The summed E-state index contributed by atoms with van der Waals surface area (Å²) in [7, 11) is 0. The predicted octanol–water partition coefficient (Wildman–Crippen LogP) is 5.27. The van der Waals surface area contributed by atoms with E-state index in [2.05, 4.69) is 52.0 Å². The van der Waals surface area contributed by atoms with Crippen LogP contribution < -0.4 is 10.2 Å². The van der Waals surface area contributed by atoms with Gasteiger partial charge < -0.3 is 30.0 Å². The molecular formula is C37H52CoN2O6. The van der Waals surface area contributed by atoms with Gasteiger partial charge in [0.2, 0.25) is 0 Å². The monoisotopic (exact) mass is 679 g/mol. The molecule has 0 aliphatic heterocycles. The topological polar surface area (TPSA) is 145 Å². The fourth-order valence-corrected chi connectivity index (χ4v) is 6.33. The van der Waals surface area contributed by atoms with Crippen molar-refractivity contribution in [3.05, 3.63) is 57.6 Å². The standard InChI is InChI=1S/C33H46N2O2.2C2H4O2.Co/c1-5-9-11-23-15-26(7-3)31(36)28(17-23)21-34-30-19-25-13-14-33(30,20-25)35-22-29-18-24(12-10-6-2)16-27(8-4)32(29)37;2*1-2(3)4;/h15-18,21-22,25,30,36-37H,5-14,19-20H2,1-4H3;2*1H3,(H,3,4);/q;;;+2/p-2. The number of aromatic hydroxyl groups is 2. The summed E-state index contributed by atoms with van der Waals surface area (Å²) in [6, 6.07) is 8.65. The second-order valence-corrected chi connectivity index (χ2v) is 12.3. The van der Waals surface area contributed by atoms with Gasteiger partial charge in [0.15, 0.2) is 0 Å². The molecule has 2 aliphatic carbocycles. The summed E-state index contributed by atoms with van der Waals surface area (Å²) in [6.45, 7) is 10.6. The van der Waals surface area contributed by atoms with E-state index in [0.717, 1.165) is 107 Å². The number of rotatable bonds is 12. The molecule has 4 rings (SSSR count). The molecule has 2 fully saturated rings. The molecule has 3 unspecified atom stereocenters. The Kier molecular flexibility index (Phi) is 17.9. The maximum atomic E-state index is 10.9. The minimum atomic E-state index is -1.08. The van der Waals surface area contributed by atoms with Crippen LogP contribution in [0.4, 0.5) is 0 Å². The molecule has 46 heavy (non-hydrogen) atoms. The van der Waals surface area contributed by atoms with Gasteiger partial charge in [-0.2, -0.15) is 0 Å². The van der Waals surface area contributed by atoms with Crippen LogP contribution in [0.25, 0.3) is 0 Å². The summed E-state index contributed by atoms with van der Waals surface area (Å²) in [6.07, 6.45) is 16.5. The molecule has 2 saturated carbocycles. The molecule has 1 radical (unpaired) electrons. The van der Waals surface area contributed by atoms with Crippen LogP contribution in [0.3, 0.4) is 0 Å². The second-order valence-electron chi connectivity index (χ2n) is 12.3. The maximum absolute atomic E-state index is 10.9. The largest absolute Gasteiger partial charge is 2.00 e. The van der Waals surface area contributed by atoms with Gasteiger partial charge in [0.25, 0.3) is 0 Å². The number of hydrogen-bond acceptors (Lipinski definition) is 8. The number of phenols is 2. The molecule has 0 spiro atoms. The summed E-state index contributed by atoms with van der Waals surface area (Å²) in [5.74, 6) is -0.768. The molecule has 8 nitrogen and oxygen atoms in total. The summed E-state index contributed by atoms with van der Waals surface area (Å²) >= 11 is 0. The number of aliphatic carboxylic acids is 2. The van der Waals surface area contributed by atoms with Crippen LogP contribution in [0.15, 0.2) is 34.3 Å². The van der Waals surface area contributed by atoms with E-state index in [1.807, 2.05) is 12.4 Å². The molecular weight excluding hydrogens is 627 g/mol. The number of aliphatic imine (C=N–C) groups is 2. The number of nitrogens with zero attached hydrogens (tertiary/aromatic N) is 2. The van der Waals surface area contributed by atoms with Gasteiger partial charge in [-0.05, 0) is 118 Å². The van der Waals surface area contributed by atoms with Gasteiger partial charge in [0, 0.05) is 35.5 Å². The summed E-state index contributed by atoms with van der Waals surface area (Å²) in [5.41, 5.74) is 6.04. The number of phenolic OH excluding ortho intramolecular Hbond substituents is 2. The third-order valence-electron chi connectivity index (χ3n) is 8.61. The maximum Gasteiger partial charge on any atom is 2.00 e. The summed E-state index contributed by atoms with van der Waals surface area (Å²) in [5, 5.41) is 39.6. The van der Waals surface area contributed by atoms with E-state index in [9.17, 15) is 10.2 Å². The normalized spacial score (nSPS) is 19.7. The molecule has 3 atom stereocenters. The van der Waals surface area contributed by atoms with E-state index in [-0.39, 0.29) is 28.4 Å². The molecule has 2 bridgehead atoms. The Balaban J connectivity index is 0.00000106.